The molecule has 1 aliphatic rings. The van der Waals surface area contributed by atoms with Crippen molar-refractivity contribution in [3.05, 3.63) is 65.2 Å². The van der Waals surface area contributed by atoms with Crippen LogP contribution in [0.3, 0.4) is 0 Å². The lowest BCUT2D eigenvalue weighted by molar-refractivity contribution is -0.137. The Balaban J connectivity index is 1.76. The fourth-order valence-corrected chi connectivity index (χ4v) is 5.31. The third kappa shape index (κ3) is 5.73. The Labute approximate surface area is 188 Å². The summed E-state index contributed by atoms with van der Waals surface area (Å²) in [5.41, 5.74) is 1.95. The number of amides is 1. The van der Waals surface area contributed by atoms with E-state index in [1.54, 1.807) is 12.1 Å². The Bertz CT molecular complexity index is 1060. The van der Waals surface area contributed by atoms with Crippen LogP contribution in [-0.2, 0) is 19.6 Å². The van der Waals surface area contributed by atoms with Gasteiger partial charge in [-0.1, -0.05) is 29.8 Å². The van der Waals surface area contributed by atoms with E-state index in [1.165, 1.54) is 28.6 Å². The number of aryl methyl sites for hydroxylation is 1. The van der Waals surface area contributed by atoms with Crippen LogP contribution in [0, 0.1) is 6.92 Å². The van der Waals surface area contributed by atoms with E-state index in [0.29, 0.717) is 5.56 Å². The number of rotatable bonds is 7. The molecule has 1 fully saturated rings. The third-order valence-corrected chi connectivity index (χ3v) is 7.15. The van der Waals surface area contributed by atoms with Crippen LogP contribution in [-0.4, -0.2) is 55.0 Å². The van der Waals surface area contributed by atoms with E-state index in [0.717, 1.165) is 5.56 Å². The molecule has 1 heterocycles. The molecule has 2 aromatic carbocycles. The number of hydrogen-bond acceptors (Lipinski definition) is 5. The van der Waals surface area contributed by atoms with Gasteiger partial charge >= 0.3 is 5.97 Å². The SMILES string of the molecule is Cc1ccc([C@H](CC(=O)O)NC(=O)c2ccc(S(=O)(=O)N3C[C@@H](C)O[C@H](C)C3)cc2)cc1. The summed E-state index contributed by atoms with van der Waals surface area (Å²) >= 11 is 0. The highest BCUT2D eigenvalue weighted by Gasteiger charge is 2.32. The molecule has 0 saturated carbocycles. The van der Waals surface area contributed by atoms with Crippen LogP contribution in [0.1, 0.15) is 47.8 Å². The van der Waals surface area contributed by atoms with E-state index >= 15 is 0 Å². The molecule has 2 N–H and O–H groups in total. The second kappa shape index (κ2) is 9.81. The number of aliphatic carboxylic acids is 1. The lowest BCUT2D eigenvalue weighted by Crippen LogP contribution is -2.48. The monoisotopic (exact) mass is 460 g/mol. The van der Waals surface area contributed by atoms with Crippen LogP contribution in [0.4, 0.5) is 0 Å². The maximum Gasteiger partial charge on any atom is 0.305 e. The molecular weight excluding hydrogens is 432 g/mol. The molecule has 0 radical (unpaired) electrons. The van der Waals surface area contributed by atoms with Crippen molar-refractivity contribution < 1.29 is 27.9 Å². The molecule has 0 spiro atoms. The van der Waals surface area contributed by atoms with Gasteiger partial charge in [-0.05, 0) is 50.6 Å². The summed E-state index contributed by atoms with van der Waals surface area (Å²) in [5.74, 6) is -1.51. The molecule has 172 valence electrons. The Hall–Kier alpha value is -2.75. The Kier molecular flexibility index (Phi) is 7.33. The Morgan fingerprint density at radius 2 is 1.62 bits per heavy atom. The van der Waals surface area contributed by atoms with Gasteiger partial charge < -0.3 is 15.2 Å². The van der Waals surface area contributed by atoms with Gasteiger partial charge in [-0.3, -0.25) is 9.59 Å². The fraction of sp³-hybridized carbons (Fsp3) is 0.391. The number of carboxylic acid groups (broad SMARTS) is 1. The summed E-state index contributed by atoms with van der Waals surface area (Å²) in [6.45, 7) is 6.10. The van der Waals surface area contributed by atoms with Crippen molar-refractivity contribution in [1.82, 2.24) is 9.62 Å². The number of hydrogen-bond donors (Lipinski definition) is 2. The second-order valence-corrected chi connectivity index (χ2v) is 10.1. The minimum absolute atomic E-state index is 0.0935. The number of carbonyl (C=O) groups excluding carboxylic acids is 1. The number of sulfonamides is 1. The fourth-order valence-electron chi connectivity index (χ4n) is 3.72. The number of ether oxygens (including phenoxy) is 1. The van der Waals surface area contributed by atoms with Gasteiger partial charge in [-0.2, -0.15) is 4.31 Å². The summed E-state index contributed by atoms with van der Waals surface area (Å²) in [5, 5.41) is 12.0. The van der Waals surface area contributed by atoms with E-state index in [2.05, 4.69) is 5.32 Å². The smallest absolute Gasteiger partial charge is 0.305 e. The molecule has 0 aliphatic carbocycles. The summed E-state index contributed by atoms with van der Waals surface area (Å²) in [6, 6.07) is 12.2. The van der Waals surface area contributed by atoms with Gasteiger partial charge in [0.2, 0.25) is 10.0 Å². The first-order chi connectivity index (χ1) is 15.1. The molecule has 1 aliphatic heterocycles. The summed E-state index contributed by atoms with van der Waals surface area (Å²) in [4.78, 5) is 24.1. The molecule has 1 saturated heterocycles. The number of nitrogens with zero attached hydrogens (tertiary/aromatic N) is 1. The highest BCUT2D eigenvalue weighted by atomic mass is 32.2. The molecule has 1 amide bonds. The largest absolute Gasteiger partial charge is 0.481 e. The molecular formula is C23H28N2O6S. The van der Waals surface area contributed by atoms with E-state index in [4.69, 9.17) is 4.74 Å². The van der Waals surface area contributed by atoms with Crippen LogP contribution in [0.5, 0.6) is 0 Å². The maximum absolute atomic E-state index is 13.0. The molecule has 0 unspecified atom stereocenters. The Morgan fingerprint density at radius 1 is 1.06 bits per heavy atom. The predicted molar refractivity (Wildman–Crippen MR) is 119 cm³/mol. The number of carbonyl (C=O) groups is 2. The van der Waals surface area contributed by atoms with Crippen LogP contribution in [0.25, 0.3) is 0 Å². The van der Waals surface area contributed by atoms with Gasteiger partial charge in [-0.15, -0.1) is 0 Å². The van der Waals surface area contributed by atoms with Gasteiger partial charge in [0.15, 0.2) is 0 Å². The van der Waals surface area contributed by atoms with E-state index in [1.807, 2.05) is 32.9 Å². The first-order valence-corrected chi connectivity index (χ1v) is 11.8. The zero-order chi connectivity index (χ0) is 23.5. The van der Waals surface area contributed by atoms with E-state index in [-0.39, 0.29) is 42.2 Å². The Morgan fingerprint density at radius 3 is 2.16 bits per heavy atom. The molecule has 3 rings (SSSR count). The zero-order valence-electron chi connectivity index (χ0n) is 18.3. The molecule has 0 bridgehead atoms. The summed E-state index contributed by atoms with van der Waals surface area (Å²) in [6.07, 6.45) is -0.674. The van der Waals surface area contributed by atoms with Gasteiger partial charge in [0, 0.05) is 18.7 Å². The predicted octanol–water partition coefficient (Wildman–Crippen LogP) is 2.74. The minimum atomic E-state index is -3.71. The quantitative estimate of drug-likeness (QED) is 0.657. The highest BCUT2D eigenvalue weighted by molar-refractivity contribution is 7.89. The molecule has 0 aromatic heterocycles. The van der Waals surface area contributed by atoms with Crippen molar-refractivity contribution in [2.75, 3.05) is 13.1 Å². The van der Waals surface area contributed by atoms with E-state index < -0.39 is 27.9 Å². The number of benzene rings is 2. The third-order valence-electron chi connectivity index (χ3n) is 5.30. The lowest BCUT2D eigenvalue weighted by atomic mass is 10.0. The van der Waals surface area contributed by atoms with Crippen molar-refractivity contribution in [3.63, 3.8) is 0 Å². The minimum Gasteiger partial charge on any atom is -0.481 e. The van der Waals surface area contributed by atoms with Crippen LogP contribution in [0.2, 0.25) is 0 Å². The summed E-state index contributed by atoms with van der Waals surface area (Å²) < 4.78 is 32.9. The first kappa shape index (κ1) is 23.9. The van der Waals surface area contributed by atoms with Crippen molar-refractivity contribution in [2.24, 2.45) is 0 Å². The molecule has 2 aromatic rings. The van der Waals surface area contributed by atoms with Crippen molar-refractivity contribution in [1.29, 1.82) is 0 Å². The normalized spacial score (nSPS) is 20.5. The maximum atomic E-state index is 13.0. The van der Waals surface area contributed by atoms with Gasteiger partial charge in [0.1, 0.15) is 0 Å². The standard InChI is InChI=1S/C23H28N2O6S/c1-15-4-6-18(7-5-15)21(12-22(26)27)24-23(28)19-8-10-20(11-9-19)32(29,30)25-13-16(2)31-17(3)14-25/h4-11,16-17,21H,12-14H2,1-3H3,(H,24,28)(H,26,27)/t16-,17-,21+/m1/s1. The van der Waals surface area contributed by atoms with Crippen molar-refractivity contribution >= 4 is 21.9 Å². The van der Waals surface area contributed by atoms with Crippen molar-refractivity contribution in [3.8, 4) is 0 Å². The lowest BCUT2D eigenvalue weighted by Gasteiger charge is -2.34. The number of carboxylic acids is 1. The van der Waals surface area contributed by atoms with Crippen LogP contribution >= 0.6 is 0 Å². The number of nitrogens with one attached hydrogen (secondary N) is 1. The molecule has 8 nitrogen and oxygen atoms in total. The van der Waals surface area contributed by atoms with Crippen molar-refractivity contribution in [2.45, 2.75) is 50.3 Å². The average Bonchev–Trinajstić information content (AvgIpc) is 2.73. The summed E-state index contributed by atoms with van der Waals surface area (Å²) in [7, 11) is -3.71. The highest BCUT2D eigenvalue weighted by Crippen LogP contribution is 2.22. The van der Waals surface area contributed by atoms with Crippen LogP contribution < -0.4 is 5.32 Å². The van der Waals surface area contributed by atoms with E-state index in [9.17, 15) is 23.1 Å². The van der Waals surface area contributed by atoms with Gasteiger partial charge in [0.05, 0.1) is 29.6 Å². The molecule has 3 atom stereocenters. The zero-order valence-corrected chi connectivity index (χ0v) is 19.1. The average molecular weight is 461 g/mol. The second-order valence-electron chi connectivity index (χ2n) is 8.14. The molecule has 32 heavy (non-hydrogen) atoms. The van der Waals surface area contributed by atoms with Gasteiger partial charge in [-0.25, -0.2) is 8.42 Å². The topological polar surface area (TPSA) is 113 Å². The number of morpholine rings is 1. The molecule has 9 heteroatoms. The van der Waals surface area contributed by atoms with Crippen LogP contribution in [0.15, 0.2) is 53.4 Å². The van der Waals surface area contributed by atoms with Gasteiger partial charge in [0.25, 0.3) is 5.91 Å². The first-order valence-electron chi connectivity index (χ1n) is 10.4.